The van der Waals surface area contributed by atoms with Gasteiger partial charge in [0.2, 0.25) is 5.91 Å². The quantitative estimate of drug-likeness (QED) is 0.187. The molecule has 8 nitrogen and oxygen atoms in total. The number of allylic oxidation sites excluding steroid dienone is 1. The lowest BCUT2D eigenvalue weighted by Gasteiger charge is -2.16. The molecule has 0 aliphatic heterocycles. The standard InChI is InChI=1S/C24H27ClN4O4S2/c1-6-11-29-21(15(4)33-18-10-8-9-17(25)12-18)27-28-24(29)34-13-19(30)26-22-20(23(31)32-7-2)14(3)16(5)35-22/h6,8-10,12,15H,1,7,11,13H2,2-5H3,(H,26,30). The fourth-order valence-electron chi connectivity index (χ4n) is 3.26. The highest BCUT2D eigenvalue weighted by atomic mass is 35.5. The molecule has 3 rings (SSSR count). The summed E-state index contributed by atoms with van der Waals surface area (Å²) < 4.78 is 13.0. The summed E-state index contributed by atoms with van der Waals surface area (Å²) in [6.07, 6.45) is 1.32. The number of benzene rings is 1. The zero-order valence-corrected chi connectivity index (χ0v) is 22.4. The minimum atomic E-state index is -0.443. The van der Waals surface area contributed by atoms with E-state index < -0.39 is 12.1 Å². The van der Waals surface area contributed by atoms with Gasteiger partial charge in [-0.3, -0.25) is 9.36 Å². The Morgan fingerprint density at radius 1 is 1.34 bits per heavy atom. The number of carbonyl (C=O) groups is 2. The van der Waals surface area contributed by atoms with Crippen molar-refractivity contribution in [1.82, 2.24) is 14.8 Å². The number of carbonyl (C=O) groups excluding carboxylic acids is 2. The molecule has 1 unspecified atom stereocenters. The van der Waals surface area contributed by atoms with E-state index in [-0.39, 0.29) is 18.3 Å². The van der Waals surface area contributed by atoms with Crippen LogP contribution < -0.4 is 10.1 Å². The van der Waals surface area contributed by atoms with Crippen LogP contribution in [-0.4, -0.2) is 39.0 Å². The molecule has 35 heavy (non-hydrogen) atoms. The van der Waals surface area contributed by atoms with Crippen LogP contribution in [-0.2, 0) is 16.1 Å². The molecule has 1 atom stereocenters. The van der Waals surface area contributed by atoms with E-state index in [0.29, 0.717) is 38.9 Å². The number of rotatable bonds is 11. The van der Waals surface area contributed by atoms with Gasteiger partial charge in [-0.05, 0) is 51.5 Å². The van der Waals surface area contributed by atoms with E-state index in [9.17, 15) is 9.59 Å². The average Bonchev–Trinajstić information content (AvgIpc) is 3.32. The molecule has 0 bridgehead atoms. The lowest BCUT2D eigenvalue weighted by atomic mass is 10.1. The molecule has 1 amide bonds. The number of halogens is 1. The Bertz CT molecular complexity index is 1220. The summed E-state index contributed by atoms with van der Waals surface area (Å²) in [5.74, 6) is 0.588. The van der Waals surface area contributed by atoms with Crippen LogP contribution >= 0.6 is 34.7 Å². The van der Waals surface area contributed by atoms with Gasteiger partial charge < -0.3 is 14.8 Å². The summed E-state index contributed by atoms with van der Waals surface area (Å²) in [7, 11) is 0. The number of hydrogen-bond acceptors (Lipinski definition) is 8. The van der Waals surface area contributed by atoms with Crippen LogP contribution in [0.4, 0.5) is 5.00 Å². The molecule has 0 saturated carbocycles. The Balaban J connectivity index is 1.70. The topological polar surface area (TPSA) is 95.3 Å². The fraction of sp³-hybridized carbons (Fsp3) is 0.333. The lowest BCUT2D eigenvalue weighted by molar-refractivity contribution is -0.113. The molecule has 11 heteroatoms. The Hall–Kier alpha value is -2.82. The maximum atomic E-state index is 12.7. The van der Waals surface area contributed by atoms with Gasteiger partial charge in [0, 0.05) is 16.4 Å². The average molecular weight is 535 g/mol. The number of thioether (sulfide) groups is 1. The molecule has 0 aliphatic rings. The molecule has 186 valence electrons. The monoisotopic (exact) mass is 534 g/mol. The van der Waals surface area contributed by atoms with Gasteiger partial charge in [-0.2, -0.15) is 0 Å². The van der Waals surface area contributed by atoms with Gasteiger partial charge in [-0.1, -0.05) is 35.5 Å². The van der Waals surface area contributed by atoms with Crippen LogP contribution in [0.2, 0.25) is 5.02 Å². The Morgan fingerprint density at radius 3 is 2.80 bits per heavy atom. The van der Waals surface area contributed by atoms with Gasteiger partial charge in [0.25, 0.3) is 0 Å². The first-order valence-electron chi connectivity index (χ1n) is 10.9. The van der Waals surface area contributed by atoms with Crippen LogP contribution in [0.25, 0.3) is 0 Å². The van der Waals surface area contributed by atoms with Crippen molar-refractivity contribution >= 4 is 51.6 Å². The molecule has 3 aromatic rings. The van der Waals surface area contributed by atoms with Crippen LogP contribution in [0, 0.1) is 13.8 Å². The SMILES string of the molecule is C=CCn1c(SCC(=O)Nc2sc(C)c(C)c2C(=O)OCC)nnc1C(C)Oc1cccc(Cl)c1. The number of nitrogens with zero attached hydrogens (tertiary/aromatic N) is 3. The molecule has 2 heterocycles. The van der Waals surface area contributed by atoms with Crippen molar-refractivity contribution in [2.45, 2.75) is 45.5 Å². The molecule has 0 fully saturated rings. The number of aryl methyl sites for hydroxylation is 1. The zero-order valence-electron chi connectivity index (χ0n) is 20.0. The van der Waals surface area contributed by atoms with E-state index in [1.54, 1.807) is 25.1 Å². The van der Waals surface area contributed by atoms with Crippen LogP contribution in [0.5, 0.6) is 5.75 Å². The number of aromatic nitrogens is 3. The number of esters is 1. The normalized spacial score (nSPS) is 11.7. The van der Waals surface area contributed by atoms with E-state index in [2.05, 4.69) is 22.1 Å². The predicted octanol–water partition coefficient (Wildman–Crippen LogP) is 5.84. The third-order valence-corrected chi connectivity index (χ3v) is 7.30. The van der Waals surface area contributed by atoms with Crippen molar-refractivity contribution in [3.05, 3.63) is 63.8 Å². The maximum absolute atomic E-state index is 12.7. The highest BCUT2D eigenvalue weighted by Gasteiger charge is 2.23. The lowest BCUT2D eigenvalue weighted by Crippen LogP contribution is -2.17. The second kappa shape index (κ2) is 12.2. The van der Waals surface area contributed by atoms with E-state index in [4.69, 9.17) is 21.1 Å². The molecule has 0 spiro atoms. The molecule has 0 saturated heterocycles. The number of nitrogens with one attached hydrogen (secondary N) is 1. The van der Waals surface area contributed by atoms with E-state index in [1.165, 1.54) is 23.1 Å². The minimum Gasteiger partial charge on any atom is -0.483 e. The van der Waals surface area contributed by atoms with Crippen molar-refractivity contribution in [3.63, 3.8) is 0 Å². The maximum Gasteiger partial charge on any atom is 0.341 e. The van der Waals surface area contributed by atoms with Crippen molar-refractivity contribution in [3.8, 4) is 5.75 Å². The van der Waals surface area contributed by atoms with Crippen molar-refractivity contribution in [2.75, 3.05) is 17.7 Å². The number of ether oxygens (including phenoxy) is 2. The number of amides is 1. The molecule has 1 N–H and O–H groups in total. The first-order valence-corrected chi connectivity index (χ1v) is 13.1. The summed E-state index contributed by atoms with van der Waals surface area (Å²) in [5.41, 5.74) is 1.21. The van der Waals surface area contributed by atoms with Crippen LogP contribution in [0.3, 0.4) is 0 Å². The number of hydrogen-bond donors (Lipinski definition) is 1. The van der Waals surface area contributed by atoms with Crippen molar-refractivity contribution < 1.29 is 19.1 Å². The summed E-state index contributed by atoms with van der Waals surface area (Å²) in [6.45, 7) is 11.9. The van der Waals surface area contributed by atoms with Gasteiger partial charge in [0.15, 0.2) is 17.1 Å². The Morgan fingerprint density at radius 2 is 2.11 bits per heavy atom. The van der Waals surface area contributed by atoms with Gasteiger partial charge in [-0.25, -0.2) is 4.79 Å². The Labute approximate surface area is 217 Å². The summed E-state index contributed by atoms with van der Waals surface area (Å²) >= 11 is 8.64. The summed E-state index contributed by atoms with van der Waals surface area (Å²) in [4.78, 5) is 26.0. The predicted molar refractivity (Wildman–Crippen MR) is 140 cm³/mol. The molecule has 0 aliphatic carbocycles. The molecule has 0 radical (unpaired) electrons. The first-order chi connectivity index (χ1) is 16.7. The third kappa shape index (κ3) is 6.65. The van der Waals surface area contributed by atoms with E-state index >= 15 is 0 Å². The fourth-order valence-corrected chi connectivity index (χ4v) is 5.26. The van der Waals surface area contributed by atoms with Crippen molar-refractivity contribution in [2.24, 2.45) is 0 Å². The van der Waals surface area contributed by atoms with Crippen LogP contribution in [0.1, 0.15) is 46.6 Å². The summed E-state index contributed by atoms with van der Waals surface area (Å²) in [6, 6.07) is 7.12. The van der Waals surface area contributed by atoms with E-state index in [0.717, 1.165) is 10.4 Å². The second-order valence-corrected chi connectivity index (χ2v) is 10.1. The molecular formula is C24H27ClN4O4S2. The largest absolute Gasteiger partial charge is 0.483 e. The second-order valence-electron chi connectivity index (χ2n) is 7.50. The molecule has 1 aromatic carbocycles. The zero-order chi connectivity index (χ0) is 25.5. The third-order valence-electron chi connectivity index (χ3n) is 4.98. The minimum absolute atomic E-state index is 0.0804. The number of thiophene rings is 1. The highest BCUT2D eigenvalue weighted by Crippen LogP contribution is 2.33. The number of anilines is 1. The van der Waals surface area contributed by atoms with Gasteiger partial charge in [-0.15, -0.1) is 28.1 Å². The first kappa shape index (κ1) is 26.8. The van der Waals surface area contributed by atoms with Crippen LogP contribution in [0.15, 0.2) is 42.1 Å². The molecular weight excluding hydrogens is 508 g/mol. The van der Waals surface area contributed by atoms with Gasteiger partial charge >= 0.3 is 5.97 Å². The highest BCUT2D eigenvalue weighted by molar-refractivity contribution is 7.99. The summed E-state index contributed by atoms with van der Waals surface area (Å²) in [5, 5.41) is 13.0. The van der Waals surface area contributed by atoms with Crippen molar-refractivity contribution in [1.29, 1.82) is 0 Å². The van der Waals surface area contributed by atoms with Gasteiger partial charge in [0.05, 0.1) is 17.9 Å². The van der Waals surface area contributed by atoms with Gasteiger partial charge in [0.1, 0.15) is 10.8 Å². The Kier molecular flexibility index (Phi) is 9.36. The van der Waals surface area contributed by atoms with E-state index in [1.807, 2.05) is 37.5 Å². The molecule has 2 aromatic heterocycles. The smallest absolute Gasteiger partial charge is 0.341 e.